The largest absolute Gasteiger partial charge is 0.392 e. The van der Waals surface area contributed by atoms with Gasteiger partial charge in [0, 0.05) is 13.1 Å². The second-order valence-corrected chi connectivity index (χ2v) is 7.36. The molecule has 4 nitrogen and oxygen atoms in total. The minimum absolute atomic E-state index is 0.0997. The minimum atomic E-state index is 0.0997. The van der Waals surface area contributed by atoms with E-state index in [-0.39, 0.29) is 6.61 Å². The van der Waals surface area contributed by atoms with E-state index in [0.29, 0.717) is 18.4 Å². The Morgan fingerprint density at radius 2 is 1.67 bits per heavy atom. The highest BCUT2D eigenvalue weighted by Crippen LogP contribution is 2.22. The first-order chi connectivity index (χ1) is 11.7. The summed E-state index contributed by atoms with van der Waals surface area (Å²) in [7, 11) is 0. The molecule has 2 aliphatic rings. The lowest BCUT2D eigenvalue weighted by molar-refractivity contribution is -0.131. The zero-order valence-electron chi connectivity index (χ0n) is 14.6. The fraction of sp³-hybridized carbons (Fsp3) is 0.650. The molecule has 1 aromatic rings. The normalized spacial score (nSPS) is 22.5. The molecule has 0 bridgehead atoms. The second-order valence-electron chi connectivity index (χ2n) is 7.36. The number of aliphatic hydroxyl groups excluding tert-OH is 1. The van der Waals surface area contributed by atoms with Gasteiger partial charge in [-0.05, 0) is 55.8 Å². The molecule has 2 heterocycles. The standard InChI is InChI=1S/C20H30N2O2/c23-16-18-7-5-17(6-8-18)13-19-9-12-22(14-19)20(24)15-21-10-3-1-2-4-11-21/h5-8,19,23H,1-4,9-16H2. The number of rotatable bonds is 5. The zero-order chi connectivity index (χ0) is 16.8. The molecule has 3 rings (SSSR count). The van der Waals surface area contributed by atoms with Crippen LogP contribution in [0.1, 0.15) is 43.2 Å². The minimum Gasteiger partial charge on any atom is -0.392 e. The molecule has 132 valence electrons. The highest BCUT2D eigenvalue weighted by atomic mass is 16.3. The molecule has 1 unspecified atom stereocenters. The van der Waals surface area contributed by atoms with Gasteiger partial charge in [0.05, 0.1) is 13.2 Å². The van der Waals surface area contributed by atoms with E-state index in [0.717, 1.165) is 44.6 Å². The molecule has 0 saturated carbocycles. The van der Waals surface area contributed by atoms with Crippen LogP contribution in [0.15, 0.2) is 24.3 Å². The lowest BCUT2D eigenvalue weighted by Gasteiger charge is -2.23. The maximum atomic E-state index is 12.6. The van der Waals surface area contributed by atoms with Crippen LogP contribution in [0.3, 0.4) is 0 Å². The summed E-state index contributed by atoms with van der Waals surface area (Å²) >= 11 is 0. The average Bonchev–Trinajstić information content (AvgIpc) is 2.92. The highest BCUT2D eigenvalue weighted by Gasteiger charge is 2.27. The number of hydrogen-bond donors (Lipinski definition) is 1. The van der Waals surface area contributed by atoms with Crippen molar-refractivity contribution in [3.05, 3.63) is 35.4 Å². The Kier molecular flexibility index (Phi) is 6.27. The number of benzene rings is 1. The van der Waals surface area contributed by atoms with Crippen LogP contribution in [0.2, 0.25) is 0 Å². The van der Waals surface area contributed by atoms with Gasteiger partial charge in [0.1, 0.15) is 0 Å². The molecule has 0 aromatic heterocycles. The molecule has 1 aromatic carbocycles. The van der Waals surface area contributed by atoms with Gasteiger partial charge in [0.25, 0.3) is 0 Å². The molecule has 0 aliphatic carbocycles. The van der Waals surface area contributed by atoms with Crippen LogP contribution in [0, 0.1) is 5.92 Å². The fourth-order valence-corrected chi connectivity index (χ4v) is 3.93. The van der Waals surface area contributed by atoms with E-state index in [1.165, 1.54) is 31.2 Å². The molecule has 2 saturated heterocycles. The fourth-order valence-electron chi connectivity index (χ4n) is 3.93. The predicted molar refractivity (Wildman–Crippen MR) is 95.7 cm³/mol. The first-order valence-electron chi connectivity index (χ1n) is 9.43. The number of likely N-dealkylation sites (tertiary alicyclic amines) is 2. The van der Waals surface area contributed by atoms with Gasteiger partial charge in [-0.25, -0.2) is 0 Å². The Bertz CT molecular complexity index is 521. The SMILES string of the molecule is O=C(CN1CCCCCC1)N1CCC(Cc2ccc(CO)cc2)C1. The van der Waals surface area contributed by atoms with Crippen molar-refractivity contribution in [3.63, 3.8) is 0 Å². The van der Waals surface area contributed by atoms with Crippen molar-refractivity contribution in [1.29, 1.82) is 0 Å². The first-order valence-corrected chi connectivity index (χ1v) is 9.43. The van der Waals surface area contributed by atoms with Crippen molar-refractivity contribution in [2.24, 2.45) is 5.92 Å². The van der Waals surface area contributed by atoms with Crippen LogP contribution in [-0.4, -0.2) is 53.5 Å². The topological polar surface area (TPSA) is 43.8 Å². The number of hydrogen-bond acceptors (Lipinski definition) is 3. The number of nitrogens with zero attached hydrogens (tertiary/aromatic N) is 2. The van der Waals surface area contributed by atoms with Crippen molar-refractivity contribution < 1.29 is 9.90 Å². The maximum Gasteiger partial charge on any atom is 0.236 e. The molecule has 2 aliphatic heterocycles. The highest BCUT2D eigenvalue weighted by molar-refractivity contribution is 5.78. The van der Waals surface area contributed by atoms with E-state index in [4.69, 9.17) is 5.11 Å². The van der Waals surface area contributed by atoms with Gasteiger partial charge in [0.15, 0.2) is 0 Å². The van der Waals surface area contributed by atoms with Gasteiger partial charge in [-0.15, -0.1) is 0 Å². The van der Waals surface area contributed by atoms with E-state index in [1.807, 2.05) is 12.1 Å². The van der Waals surface area contributed by atoms with Crippen LogP contribution in [-0.2, 0) is 17.8 Å². The first kappa shape index (κ1) is 17.4. The zero-order valence-corrected chi connectivity index (χ0v) is 14.6. The number of carbonyl (C=O) groups excluding carboxylic acids is 1. The number of aliphatic hydroxyl groups is 1. The smallest absolute Gasteiger partial charge is 0.236 e. The van der Waals surface area contributed by atoms with Gasteiger partial charge in [0.2, 0.25) is 5.91 Å². The van der Waals surface area contributed by atoms with Crippen molar-refractivity contribution in [1.82, 2.24) is 9.80 Å². The van der Waals surface area contributed by atoms with Gasteiger partial charge < -0.3 is 10.0 Å². The summed E-state index contributed by atoms with van der Waals surface area (Å²) in [4.78, 5) is 17.0. The Hall–Kier alpha value is -1.39. The van der Waals surface area contributed by atoms with E-state index in [9.17, 15) is 4.79 Å². The second kappa shape index (κ2) is 8.63. The third kappa shape index (κ3) is 4.81. The molecule has 24 heavy (non-hydrogen) atoms. The quantitative estimate of drug-likeness (QED) is 0.902. The van der Waals surface area contributed by atoms with E-state index < -0.39 is 0 Å². The summed E-state index contributed by atoms with van der Waals surface area (Å²) in [5.74, 6) is 0.882. The molecule has 1 atom stereocenters. The summed E-state index contributed by atoms with van der Waals surface area (Å²) < 4.78 is 0. The van der Waals surface area contributed by atoms with E-state index in [1.54, 1.807) is 0 Å². The van der Waals surface area contributed by atoms with Crippen LogP contribution in [0.25, 0.3) is 0 Å². The van der Waals surface area contributed by atoms with Gasteiger partial charge in [-0.2, -0.15) is 0 Å². The predicted octanol–water partition coefficient (Wildman–Crippen LogP) is 2.45. The molecule has 4 heteroatoms. The Balaban J connectivity index is 1.46. The summed E-state index contributed by atoms with van der Waals surface area (Å²) in [5.41, 5.74) is 2.26. The van der Waals surface area contributed by atoms with Crippen molar-refractivity contribution in [2.75, 3.05) is 32.7 Å². The van der Waals surface area contributed by atoms with Gasteiger partial charge in [-0.1, -0.05) is 37.1 Å². The third-order valence-corrected chi connectivity index (χ3v) is 5.43. The van der Waals surface area contributed by atoms with Crippen LogP contribution in [0.4, 0.5) is 0 Å². The van der Waals surface area contributed by atoms with Crippen LogP contribution < -0.4 is 0 Å². The Labute approximate surface area is 145 Å². The molecule has 0 spiro atoms. The molecule has 0 radical (unpaired) electrons. The number of carbonyl (C=O) groups is 1. The molecule has 1 amide bonds. The lowest BCUT2D eigenvalue weighted by Crippen LogP contribution is -2.39. The molecule has 2 fully saturated rings. The summed E-state index contributed by atoms with van der Waals surface area (Å²) in [6.45, 7) is 4.68. The van der Waals surface area contributed by atoms with Gasteiger partial charge >= 0.3 is 0 Å². The third-order valence-electron chi connectivity index (χ3n) is 5.43. The van der Waals surface area contributed by atoms with Crippen LogP contribution in [0.5, 0.6) is 0 Å². The Morgan fingerprint density at radius 3 is 2.33 bits per heavy atom. The average molecular weight is 330 g/mol. The Morgan fingerprint density at radius 1 is 1.00 bits per heavy atom. The molecular weight excluding hydrogens is 300 g/mol. The monoisotopic (exact) mass is 330 g/mol. The molecular formula is C20H30N2O2. The van der Waals surface area contributed by atoms with Crippen LogP contribution >= 0.6 is 0 Å². The van der Waals surface area contributed by atoms with Crippen molar-refractivity contribution in [2.45, 2.75) is 45.1 Å². The maximum absolute atomic E-state index is 12.6. The lowest BCUT2D eigenvalue weighted by atomic mass is 9.98. The summed E-state index contributed by atoms with van der Waals surface area (Å²) in [6, 6.07) is 8.19. The summed E-state index contributed by atoms with van der Waals surface area (Å²) in [6.07, 6.45) is 7.23. The van der Waals surface area contributed by atoms with Crippen molar-refractivity contribution >= 4 is 5.91 Å². The molecule has 1 N–H and O–H groups in total. The number of amides is 1. The van der Waals surface area contributed by atoms with E-state index >= 15 is 0 Å². The van der Waals surface area contributed by atoms with E-state index in [2.05, 4.69) is 21.9 Å². The summed E-state index contributed by atoms with van der Waals surface area (Å²) in [5, 5.41) is 9.11. The van der Waals surface area contributed by atoms with Gasteiger partial charge in [-0.3, -0.25) is 9.69 Å². The van der Waals surface area contributed by atoms with Crippen molar-refractivity contribution in [3.8, 4) is 0 Å².